The van der Waals surface area contributed by atoms with Gasteiger partial charge in [0.15, 0.2) is 0 Å². The minimum Gasteiger partial charge on any atom is -0.357 e. The Hall–Kier alpha value is -2.65. The molecule has 34 heavy (non-hydrogen) atoms. The van der Waals surface area contributed by atoms with Gasteiger partial charge in [-0.15, -0.1) is 10.2 Å². The van der Waals surface area contributed by atoms with Crippen LogP contribution in [0.5, 0.6) is 0 Å². The van der Waals surface area contributed by atoms with Crippen molar-refractivity contribution in [3.05, 3.63) is 35.5 Å². The summed E-state index contributed by atoms with van der Waals surface area (Å²) in [7, 11) is 0. The van der Waals surface area contributed by atoms with Crippen molar-refractivity contribution in [2.24, 2.45) is 5.92 Å². The van der Waals surface area contributed by atoms with Gasteiger partial charge in [0.2, 0.25) is 5.91 Å². The molecule has 0 bridgehead atoms. The van der Waals surface area contributed by atoms with E-state index in [1.807, 2.05) is 9.80 Å². The SMILES string of the molecule is O=C(C1CCN(c2ccc(C(F)(F)F)cn2)CC1)N1CCC[C@H](c2nnc3n2CCCCC3)C1. The summed E-state index contributed by atoms with van der Waals surface area (Å²) in [5.74, 6) is 3.02. The summed E-state index contributed by atoms with van der Waals surface area (Å²) < 4.78 is 40.7. The molecule has 2 aromatic rings. The molecule has 5 heterocycles. The molecule has 0 aromatic carbocycles. The first-order chi connectivity index (χ1) is 16.4. The van der Waals surface area contributed by atoms with Crippen molar-refractivity contribution in [3.8, 4) is 0 Å². The number of pyridine rings is 1. The van der Waals surface area contributed by atoms with Gasteiger partial charge in [-0.3, -0.25) is 4.79 Å². The van der Waals surface area contributed by atoms with Crippen LogP contribution in [0.1, 0.15) is 68.1 Å². The average Bonchev–Trinajstić information content (AvgIpc) is 3.11. The topological polar surface area (TPSA) is 67.2 Å². The summed E-state index contributed by atoms with van der Waals surface area (Å²) >= 11 is 0. The highest BCUT2D eigenvalue weighted by molar-refractivity contribution is 5.79. The maximum absolute atomic E-state index is 13.3. The van der Waals surface area contributed by atoms with Crippen LogP contribution in [0.2, 0.25) is 0 Å². The number of anilines is 1. The standard InChI is InChI=1S/C24H31F3N6O/c25-24(26,27)19-7-8-20(28-15-19)31-13-9-17(10-14-31)23(34)32-11-4-5-18(16-32)22-30-29-21-6-2-1-3-12-33(21)22/h7-8,15,17-18H,1-6,9-14,16H2/t18-/m0/s1. The fraction of sp³-hybridized carbons (Fsp3) is 0.667. The molecule has 5 rings (SSSR count). The monoisotopic (exact) mass is 476 g/mol. The van der Waals surface area contributed by atoms with E-state index in [-0.39, 0.29) is 17.7 Å². The third-order valence-electron chi connectivity index (χ3n) is 7.48. The predicted molar refractivity (Wildman–Crippen MR) is 120 cm³/mol. The van der Waals surface area contributed by atoms with Crippen LogP contribution in [-0.2, 0) is 23.9 Å². The molecule has 0 saturated carbocycles. The lowest BCUT2D eigenvalue weighted by molar-refractivity contribution is -0.138. The molecule has 7 nitrogen and oxygen atoms in total. The molecule has 3 aliphatic rings. The van der Waals surface area contributed by atoms with E-state index in [1.165, 1.54) is 12.5 Å². The number of nitrogens with zero attached hydrogens (tertiary/aromatic N) is 6. The molecule has 3 aliphatic heterocycles. The summed E-state index contributed by atoms with van der Waals surface area (Å²) in [5, 5.41) is 8.97. The normalized spacial score (nSPS) is 22.4. The number of hydrogen-bond donors (Lipinski definition) is 0. The van der Waals surface area contributed by atoms with Crippen molar-refractivity contribution < 1.29 is 18.0 Å². The molecule has 184 valence electrons. The van der Waals surface area contributed by atoms with Crippen LogP contribution in [0.15, 0.2) is 18.3 Å². The van der Waals surface area contributed by atoms with Crippen LogP contribution in [0, 0.1) is 5.92 Å². The van der Waals surface area contributed by atoms with Crippen molar-refractivity contribution in [3.63, 3.8) is 0 Å². The van der Waals surface area contributed by atoms with E-state index < -0.39 is 11.7 Å². The number of aryl methyl sites for hydroxylation is 1. The van der Waals surface area contributed by atoms with Crippen molar-refractivity contribution in [1.82, 2.24) is 24.6 Å². The van der Waals surface area contributed by atoms with Crippen LogP contribution < -0.4 is 4.90 Å². The Bertz CT molecular complexity index is 997. The summed E-state index contributed by atoms with van der Waals surface area (Å²) in [5.41, 5.74) is -0.745. The molecule has 1 amide bonds. The van der Waals surface area contributed by atoms with Gasteiger partial charge in [0.1, 0.15) is 17.5 Å². The zero-order valence-corrected chi connectivity index (χ0v) is 19.3. The number of hydrogen-bond acceptors (Lipinski definition) is 5. The molecule has 0 aliphatic carbocycles. The molecular formula is C24H31F3N6O. The number of carbonyl (C=O) groups is 1. The number of alkyl halides is 3. The van der Waals surface area contributed by atoms with Gasteiger partial charge >= 0.3 is 6.18 Å². The number of likely N-dealkylation sites (tertiary alicyclic amines) is 1. The summed E-state index contributed by atoms with van der Waals surface area (Å²) in [6.07, 6.45) is 4.37. The Morgan fingerprint density at radius 1 is 0.941 bits per heavy atom. The van der Waals surface area contributed by atoms with E-state index in [4.69, 9.17) is 0 Å². The second kappa shape index (κ2) is 9.54. The van der Waals surface area contributed by atoms with E-state index in [9.17, 15) is 18.0 Å². The van der Waals surface area contributed by atoms with Crippen LogP contribution in [0.25, 0.3) is 0 Å². The van der Waals surface area contributed by atoms with E-state index in [1.54, 1.807) is 0 Å². The van der Waals surface area contributed by atoms with E-state index in [2.05, 4.69) is 19.7 Å². The third kappa shape index (κ3) is 4.77. The lowest BCUT2D eigenvalue weighted by Gasteiger charge is -2.38. The maximum atomic E-state index is 13.3. The number of piperidine rings is 2. The minimum atomic E-state index is -4.39. The van der Waals surface area contributed by atoms with E-state index in [0.29, 0.717) is 38.3 Å². The smallest absolute Gasteiger partial charge is 0.357 e. The Morgan fingerprint density at radius 3 is 2.50 bits per heavy atom. The van der Waals surface area contributed by atoms with Gasteiger partial charge in [-0.2, -0.15) is 13.2 Å². The number of fused-ring (bicyclic) bond motifs is 1. The molecule has 0 N–H and O–H groups in total. The highest BCUT2D eigenvalue weighted by atomic mass is 19.4. The molecular weight excluding hydrogens is 445 g/mol. The fourth-order valence-corrected chi connectivity index (χ4v) is 5.55. The van der Waals surface area contributed by atoms with Gasteiger partial charge < -0.3 is 14.4 Å². The first-order valence-electron chi connectivity index (χ1n) is 12.4. The van der Waals surface area contributed by atoms with Crippen molar-refractivity contribution in [1.29, 1.82) is 0 Å². The average molecular weight is 477 g/mol. The Balaban J connectivity index is 1.18. The Labute approximate surface area is 197 Å². The highest BCUT2D eigenvalue weighted by Gasteiger charge is 2.35. The third-order valence-corrected chi connectivity index (χ3v) is 7.48. The summed E-state index contributed by atoms with van der Waals surface area (Å²) in [6, 6.07) is 2.49. The maximum Gasteiger partial charge on any atom is 0.417 e. The zero-order chi connectivity index (χ0) is 23.7. The van der Waals surface area contributed by atoms with E-state index in [0.717, 1.165) is 69.1 Å². The Kier molecular flexibility index (Phi) is 6.48. The van der Waals surface area contributed by atoms with Crippen LogP contribution in [-0.4, -0.2) is 56.7 Å². The molecule has 2 saturated heterocycles. The van der Waals surface area contributed by atoms with Gasteiger partial charge in [0.25, 0.3) is 0 Å². The van der Waals surface area contributed by atoms with Crippen LogP contribution in [0.4, 0.5) is 19.0 Å². The predicted octanol–water partition coefficient (Wildman–Crippen LogP) is 4.04. The van der Waals surface area contributed by atoms with Gasteiger partial charge in [0.05, 0.1) is 5.56 Å². The lowest BCUT2D eigenvalue weighted by Crippen LogP contribution is -2.46. The molecule has 10 heteroatoms. The molecule has 1 atom stereocenters. The second-order valence-electron chi connectivity index (χ2n) is 9.72. The number of aromatic nitrogens is 4. The molecule has 0 spiro atoms. The largest absolute Gasteiger partial charge is 0.417 e. The molecule has 0 radical (unpaired) electrons. The van der Waals surface area contributed by atoms with Crippen LogP contribution in [0.3, 0.4) is 0 Å². The first kappa shape index (κ1) is 23.1. The van der Waals surface area contributed by atoms with Crippen molar-refractivity contribution >= 4 is 11.7 Å². The number of amides is 1. The van der Waals surface area contributed by atoms with Gasteiger partial charge in [-0.05, 0) is 50.7 Å². The lowest BCUT2D eigenvalue weighted by atomic mass is 9.91. The van der Waals surface area contributed by atoms with Crippen molar-refractivity contribution in [2.75, 3.05) is 31.1 Å². The quantitative estimate of drug-likeness (QED) is 0.669. The molecule has 2 aromatic heterocycles. The number of carbonyl (C=O) groups excluding carboxylic acids is 1. The first-order valence-corrected chi connectivity index (χ1v) is 12.4. The van der Waals surface area contributed by atoms with Gasteiger partial charge in [-0.1, -0.05) is 6.42 Å². The van der Waals surface area contributed by atoms with Crippen LogP contribution >= 0.6 is 0 Å². The molecule has 2 fully saturated rings. The molecule has 0 unspecified atom stereocenters. The Morgan fingerprint density at radius 2 is 1.76 bits per heavy atom. The fourth-order valence-electron chi connectivity index (χ4n) is 5.55. The van der Waals surface area contributed by atoms with Crippen molar-refractivity contribution in [2.45, 2.75) is 70.0 Å². The van der Waals surface area contributed by atoms with Gasteiger partial charge in [0, 0.05) is 57.2 Å². The zero-order valence-electron chi connectivity index (χ0n) is 19.3. The summed E-state index contributed by atoms with van der Waals surface area (Å²) in [6.45, 7) is 3.67. The minimum absolute atomic E-state index is 0.0556. The summed E-state index contributed by atoms with van der Waals surface area (Å²) in [4.78, 5) is 21.3. The number of rotatable bonds is 3. The highest BCUT2D eigenvalue weighted by Crippen LogP contribution is 2.32. The second-order valence-corrected chi connectivity index (χ2v) is 9.72. The van der Waals surface area contributed by atoms with Gasteiger partial charge in [-0.25, -0.2) is 4.98 Å². The van der Waals surface area contributed by atoms with E-state index >= 15 is 0 Å². The number of halogens is 3.